The van der Waals surface area contributed by atoms with Gasteiger partial charge in [0.15, 0.2) is 0 Å². The lowest BCUT2D eigenvalue weighted by Crippen LogP contribution is -2.29. The molecule has 0 saturated carbocycles. The third-order valence-electron chi connectivity index (χ3n) is 3.31. The molecular formula is C18H19NO2. The number of carbonyl (C=O) groups is 1. The van der Waals surface area contributed by atoms with Crippen LogP contribution in [0.4, 0.5) is 4.79 Å². The number of hydrogen-bond acceptors (Lipinski definition) is 2. The SMILES string of the molecule is C=CN(C(=O)OCc1ccccc1)[C@H](C)c1ccccc1. The van der Waals surface area contributed by atoms with Crippen LogP contribution in [0.1, 0.15) is 24.1 Å². The Balaban J connectivity index is 2.00. The van der Waals surface area contributed by atoms with Crippen LogP contribution in [0.5, 0.6) is 0 Å². The molecule has 1 amide bonds. The highest BCUT2D eigenvalue weighted by atomic mass is 16.6. The van der Waals surface area contributed by atoms with Crippen molar-refractivity contribution in [1.82, 2.24) is 4.90 Å². The largest absolute Gasteiger partial charge is 0.444 e. The molecule has 0 radical (unpaired) electrons. The summed E-state index contributed by atoms with van der Waals surface area (Å²) in [4.78, 5) is 13.7. The molecule has 0 fully saturated rings. The molecule has 21 heavy (non-hydrogen) atoms. The summed E-state index contributed by atoms with van der Waals surface area (Å²) in [6.07, 6.45) is 1.11. The molecule has 0 bridgehead atoms. The second-order valence-electron chi connectivity index (χ2n) is 4.72. The molecule has 2 rings (SSSR count). The van der Waals surface area contributed by atoms with Gasteiger partial charge in [-0.2, -0.15) is 0 Å². The van der Waals surface area contributed by atoms with Gasteiger partial charge in [0.1, 0.15) is 6.61 Å². The smallest absolute Gasteiger partial charge is 0.414 e. The summed E-state index contributed by atoms with van der Waals surface area (Å²) in [6, 6.07) is 19.3. The molecule has 2 aromatic carbocycles. The standard InChI is InChI=1S/C18H19NO2/c1-3-19(15(2)17-12-8-5-9-13-17)18(20)21-14-16-10-6-4-7-11-16/h3-13,15H,1,14H2,2H3/t15-/m1/s1. The summed E-state index contributed by atoms with van der Waals surface area (Å²) in [6.45, 7) is 5.91. The van der Waals surface area contributed by atoms with Gasteiger partial charge in [-0.25, -0.2) is 4.79 Å². The van der Waals surface area contributed by atoms with Crippen molar-refractivity contribution in [3.05, 3.63) is 84.6 Å². The Morgan fingerprint density at radius 3 is 2.29 bits per heavy atom. The molecule has 0 saturated heterocycles. The Hall–Kier alpha value is -2.55. The van der Waals surface area contributed by atoms with Gasteiger partial charge in [-0.1, -0.05) is 67.2 Å². The summed E-state index contributed by atoms with van der Waals surface area (Å²) in [5, 5.41) is 0. The second-order valence-corrected chi connectivity index (χ2v) is 4.72. The van der Waals surface area contributed by atoms with E-state index < -0.39 is 6.09 Å². The zero-order valence-electron chi connectivity index (χ0n) is 12.1. The highest BCUT2D eigenvalue weighted by Gasteiger charge is 2.20. The Morgan fingerprint density at radius 2 is 1.71 bits per heavy atom. The lowest BCUT2D eigenvalue weighted by Gasteiger charge is -2.25. The summed E-state index contributed by atoms with van der Waals surface area (Å²) in [5.41, 5.74) is 2.00. The molecule has 0 spiro atoms. The average molecular weight is 281 g/mol. The molecule has 0 aliphatic heterocycles. The van der Waals surface area contributed by atoms with Gasteiger partial charge in [0, 0.05) is 6.20 Å². The summed E-state index contributed by atoms with van der Waals surface area (Å²) in [5.74, 6) is 0. The van der Waals surface area contributed by atoms with Crippen LogP contribution in [0.3, 0.4) is 0 Å². The van der Waals surface area contributed by atoms with Gasteiger partial charge < -0.3 is 4.74 Å². The molecule has 0 N–H and O–H groups in total. The van der Waals surface area contributed by atoms with Crippen molar-refractivity contribution >= 4 is 6.09 Å². The molecule has 3 heteroatoms. The lowest BCUT2D eigenvalue weighted by molar-refractivity contribution is 0.101. The number of rotatable bonds is 5. The highest BCUT2D eigenvalue weighted by molar-refractivity contribution is 5.69. The zero-order valence-corrected chi connectivity index (χ0v) is 12.1. The van der Waals surface area contributed by atoms with Crippen molar-refractivity contribution in [3.63, 3.8) is 0 Å². The van der Waals surface area contributed by atoms with Crippen LogP contribution in [-0.2, 0) is 11.3 Å². The first-order valence-electron chi connectivity index (χ1n) is 6.89. The normalized spacial score (nSPS) is 11.5. The van der Waals surface area contributed by atoms with E-state index in [0.717, 1.165) is 11.1 Å². The van der Waals surface area contributed by atoms with Crippen LogP contribution in [0.15, 0.2) is 73.4 Å². The monoisotopic (exact) mass is 281 g/mol. The topological polar surface area (TPSA) is 29.5 Å². The number of carbonyl (C=O) groups excluding carboxylic acids is 1. The maximum absolute atomic E-state index is 12.2. The van der Waals surface area contributed by atoms with Crippen LogP contribution in [-0.4, -0.2) is 11.0 Å². The van der Waals surface area contributed by atoms with Crippen LogP contribution < -0.4 is 0 Å². The van der Waals surface area contributed by atoms with Crippen LogP contribution in [0, 0.1) is 0 Å². The van der Waals surface area contributed by atoms with E-state index in [4.69, 9.17) is 4.74 Å². The second kappa shape index (κ2) is 7.29. The van der Waals surface area contributed by atoms with Crippen molar-refractivity contribution in [3.8, 4) is 0 Å². The number of amides is 1. The van der Waals surface area contributed by atoms with E-state index in [1.807, 2.05) is 67.6 Å². The van der Waals surface area contributed by atoms with E-state index in [1.54, 1.807) is 0 Å². The number of hydrogen-bond donors (Lipinski definition) is 0. The van der Waals surface area contributed by atoms with Crippen molar-refractivity contribution in [2.45, 2.75) is 19.6 Å². The number of ether oxygens (including phenoxy) is 1. The maximum Gasteiger partial charge on any atom is 0.414 e. The predicted molar refractivity (Wildman–Crippen MR) is 83.5 cm³/mol. The molecule has 108 valence electrons. The van der Waals surface area contributed by atoms with Crippen molar-refractivity contribution < 1.29 is 9.53 Å². The lowest BCUT2D eigenvalue weighted by atomic mass is 10.1. The van der Waals surface area contributed by atoms with Crippen molar-refractivity contribution in [2.24, 2.45) is 0 Å². The van der Waals surface area contributed by atoms with Gasteiger partial charge in [0.25, 0.3) is 0 Å². The Labute approximate surface area is 125 Å². The number of nitrogens with zero attached hydrogens (tertiary/aromatic N) is 1. The highest BCUT2D eigenvalue weighted by Crippen LogP contribution is 2.21. The van der Waals surface area contributed by atoms with Crippen LogP contribution in [0.2, 0.25) is 0 Å². The van der Waals surface area contributed by atoms with E-state index in [0.29, 0.717) is 0 Å². The molecule has 0 aromatic heterocycles. The van der Waals surface area contributed by atoms with E-state index in [9.17, 15) is 4.79 Å². The Morgan fingerprint density at radius 1 is 1.14 bits per heavy atom. The van der Waals surface area contributed by atoms with Gasteiger partial charge in [-0.05, 0) is 18.1 Å². The van der Waals surface area contributed by atoms with E-state index >= 15 is 0 Å². The van der Waals surface area contributed by atoms with E-state index in [1.165, 1.54) is 11.1 Å². The minimum absolute atomic E-state index is 0.119. The minimum Gasteiger partial charge on any atom is -0.444 e. The first-order chi connectivity index (χ1) is 10.2. The number of benzene rings is 2. The minimum atomic E-state index is -0.398. The third kappa shape index (κ3) is 3.96. The third-order valence-corrected chi connectivity index (χ3v) is 3.31. The molecule has 1 atom stereocenters. The fourth-order valence-corrected chi connectivity index (χ4v) is 2.08. The Bertz CT molecular complexity index is 581. The van der Waals surface area contributed by atoms with Crippen LogP contribution in [0.25, 0.3) is 0 Å². The molecule has 0 aliphatic rings. The van der Waals surface area contributed by atoms with Gasteiger partial charge >= 0.3 is 6.09 Å². The summed E-state index contributed by atoms with van der Waals surface area (Å²) < 4.78 is 5.34. The molecular weight excluding hydrogens is 262 g/mol. The van der Waals surface area contributed by atoms with Gasteiger partial charge in [-0.3, -0.25) is 4.90 Å². The summed E-state index contributed by atoms with van der Waals surface area (Å²) >= 11 is 0. The Kier molecular flexibility index (Phi) is 5.16. The van der Waals surface area contributed by atoms with Crippen LogP contribution >= 0.6 is 0 Å². The molecule has 0 aliphatic carbocycles. The van der Waals surface area contributed by atoms with Gasteiger partial charge in [0.2, 0.25) is 0 Å². The first kappa shape index (κ1) is 14.9. The average Bonchev–Trinajstić information content (AvgIpc) is 2.55. The predicted octanol–water partition coefficient (Wildman–Crippen LogP) is 4.53. The van der Waals surface area contributed by atoms with Gasteiger partial charge in [-0.15, -0.1) is 0 Å². The fraction of sp³-hybridized carbons (Fsp3) is 0.167. The first-order valence-corrected chi connectivity index (χ1v) is 6.89. The van der Waals surface area contributed by atoms with E-state index in [-0.39, 0.29) is 12.6 Å². The van der Waals surface area contributed by atoms with Gasteiger partial charge in [0.05, 0.1) is 6.04 Å². The maximum atomic E-state index is 12.2. The van der Waals surface area contributed by atoms with Crippen molar-refractivity contribution in [1.29, 1.82) is 0 Å². The molecule has 0 unspecified atom stereocenters. The zero-order chi connectivity index (χ0) is 15.1. The quantitative estimate of drug-likeness (QED) is 0.805. The molecule has 2 aromatic rings. The van der Waals surface area contributed by atoms with Crippen molar-refractivity contribution in [2.75, 3.05) is 0 Å². The van der Waals surface area contributed by atoms with E-state index in [2.05, 4.69) is 6.58 Å². The summed E-state index contributed by atoms with van der Waals surface area (Å²) in [7, 11) is 0. The molecule has 0 heterocycles. The molecule has 3 nitrogen and oxygen atoms in total. The fourth-order valence-electron chi connectivity index (χ4n) is 2.08.